The average Bonchev–Trinajstić information content (AvgIpc) is 3.19. The van der Waals surface area contributed by atoms with Gasteiger partial charge in [-0.25, -0.2) is 14.5 Å². The molecule has 0 bridgehead atoms. The summed E-state index contributed by atoms with van der Waals surface area (Å²) in [5.41, 5.74) is 5.00. The van der Waals surface area contributed by atoms with Gasteiger partial charge in [-0.05, 0) is 38.7 Å². The monoisotopic (exact) mass is 421 g/mol. The lowest BCUT2D eigenvalue weighted by molar-refractivity contribution is 0.206. The van der Waals surface area contributed by atoms with E-state index in [1.165, 1.54) is 5.56 Å². The van der Waals surface area contributed by atoms with Crippen LogP contribution in [0.15, 0.2) is 6.07 Å². The van der Waals surface area contributed by atoms with Crippen LogP contribution >= 0.6 is 22.9 Å². The summed E-state index contributed by atoms with van der Waals surface area (Å²) in [7, 11) is 3.69. The van der Waals surface area contributed by atoms with Crippen molar-refractivity contribution in [2.24, 2.45) is 0 Å². The molecule has 0 fully saturated rings. The molecule has 3 heterocycles. The second kappa shape index (κ2) is 8.76. The molecular formula is C20H28ClN5OS. The van der Waals surface area contributed by atoms with Crippen molar-refractivity contribution >= 4 is 33.7 Å². The zero-order valence-corrected chi connectivity index (χ0v) is 19.0. The van der Waals surface area contributed by atoms with Crippen molar-refractivity contribution in [3.63, 3.8) is 0 Å². The van der Waals surface area contributed by atoms with Crippen molar-refractivity contribution in [2.45, 2.75) is 46.5 Å². The summed E-state index contributed by atoms with van der Waals surface area (Å²) in [6.07, 6.45) is 2.15. The van der Waals surface area contributed by atoms with Crippen LogP contribution in [0.4, 0.5) is 5.13 Å². The van der Waals surface area contributed by atoms with Crippen molar-refractivity contribution in [3.05, 3.63) is 28.2 Å². The maximum absolute atomic E-state index is 6.56. The zero-order valence-electron chi connectivity index (χ0n) is 17.4. The van der Waals surface area contributed by atoms with Crippen LogP contribution in [0.5, 0.6) is 0 Å². The number of nitrogens with zero attached hydrogens (tertiary/aromatic N) is 5. The number of rotatable bonds is 8. The Morgan fingerprint density at radius 1 is 1.25 bits per heavy atom. The molecule has 0 saturated carbocycles. The maximum atomic E-state index is 6.56. The Bertz CT molecular complexity index is 963. The highest BCUT2D eigenvalue weighted by atomic mass is 35.5. The number of imidazole rings is 1. The Morgan fingerprint density at radius 2 is 1.96 bits per heavy atom. The van der Waals surface area contributed by atoms with Crippen LogP contribution in [0.1, 0.15) is 49.6 Å². The van der Waals surface area contributed by atoms with Crippen LogP contribution < -0.4 is 4.90 Å². The van der Waals surface area contributed by atoms with Crippen LogP contribution in [-0.4, -0.2) is 46.9 Å². The number of anilines is 1. The molecule has 0 saturated heterocycles. The van der Waals surface area contributed by atoms with Gasteiger partial charge in [-0.2, -0.15) is 5.10 Å². The van der Waals surface area contributed by atoms with Crippen molar-refractivity contribution < 1.29 is 4.74 Å². The number of fused-ring (bicyclic) bond motifs is 1. The fourth-order valence-electron chi connectivity index (χ4n) is 3.49. The molecule has 0 radical (unpaired) electrons. The summed E-state index contributed by atoms with van der Waals surface area (Å²) in [5, 5.41) is 6.12. The second-order valence-corrected chi connectivity index (χ2v) is 8.40. The minimum absolute atomic E-state index is 0.464. The van der Waals surface area contributed by atoms with Crippen LogP contribution in [0, 0.1) is 13.8 Å². The Kier molecular flexibility index (Phi) is 6.58. The van der Waals surface area contributed by atoms with Gasteiger partial charge in [-0.1, -0.05) is 36.8 Å². The summed E-state index contributed by atoms with van der Waals surface area (Å²) < 4.78 is 7.12. The minimum atomic E-state index is 0.464. The smallest absolute Gasteiger partial charge is 0.187 e. The molecule has 0 spiro atoms. The topological polar surface area (TPSA) is 55.5 Å². The lowest BCUT2D eigenvalue weighted by Crippen LogP contribution is -2.21. The number of halogens is 1. The number of aryl methyl sites for hydroxylation is 2. The number of methoxy groups -OCH3 is 1. The van der Waals surface area contributed by atoms with Gasteiger partial charge in [0.25, 0.3) is 0 Å². The highest BCUT2D eigenvalue weighted by Gasteiger charge is 2.23. The first-order valence-corrected chi connectivity index (χ1v) is 10.8. The predicted molar refractivity (Wildman–Crippen MR) is 117 cm³/mol. The van der Waals surface area contributed by atoms with Crippen molar-refractivity contribution in [1.29, 1.82) is 0 Å². The highest BCUT2D eigenvalue weighted by molar-refractivity contribution is 7.19. The normalized spacial score (nSPS) is 11.7. The number of likely N-dealkylation sites (N-methyl/N-ethyl adjacent to an activating group) is 1. The van der Waals surface area contributed by atoms with E-state index in [1.807, 2.05) is 25.4 Å². The van der Waals surface area contributed by atoms with Crippen molar-refractivity contribution in [3.8, 4) is 10.6 Å². The fourth-order valence-corrected chi connectivity index (χ4v) is 4.86. The van der Waals surface area contributed by atoms with E-state index in [1.54, 1.807) is 18.4 Å². The fraction of sp³-hybridized carbons (Fsp3) is 0.550. The third kappa shape index (κ3) is 3.88. The molecule has 0 aliphatic rings. The molecule has 3 aromatic rings. The Labute approximate surface area is 175 Å². The summed E-state index contributed by atoms with van der Waals surface area (Å²) in [6.45, 7) is 9.88. The van der Waals surface area contributed by atoms with Gasteiger partial charge in [0.15, 0.2) is 15.9 Å². The molecule has 3 aromatic heterocycles. The Balaban J connectivity index is 2.14. The highest BCUT2D eigenvalue weighted by Crippen LogP contribution is 2.40. The molecule has 0 aliphatic carbocycles. The first-order chi connectivity index (χ1) is 13.4. The van der Waals surface area contributed by atoms with Gasteiger partial charge >= 0.3 is 0 Å². The number of aromatic nitrogens is 4. The van der Waals surface area contributed by atoms with Gasteiger partial charge in [0.05, 0.1) is 22.9 Å². The van der Waals surface area contributed by atoms with Gasteiger partial charge in [-0.3, -0.25) is 0 Å². The second-order valence-electron chi connectivity index (χ2n) is 7.07. The first kappa shape index (κ1) is 21.0. The van der Waals surface area contributed by atoms with Gasteiger partial charge in [0.2, 0.25) is 0 Å². The molecule has 0 amide bonds. The molecule has 3 rings (SSSR count). The quantitative estimate of drug-likeness (QED) is 0.505. The standard InChI is InChI=1S/C20H28ClN5OS/c1-7-14(8-2)15-11-12(3)24-26-16(13(4)22-19(15)26)17-18(21)23-20(28-17)25(5)9-10-27-6/h11,14H,7-10H2,1-6H3. The summed E-state index contributed by atoms with van der Waals surface area (Å²) in [5.74, 6) is 0.464. The average molecular weight is 422 g/mol. The first-order valence-electron chi connectivity index (χ1n) is 9.64. The molecule has 6 nitrogen and oxygen atoms in total. The third-order valence-electron chi connectivity index (χ3n) is 5.08. The summed E-state index contributed by atoms with van der Waals surface area (Å²) >= 11 is 8.12. The van der Waals surface area contributed by atoms with E-state index >= 15 is 0 Å². The lowest BCUT2D eigenvalue weighted by Gasteiger charge is -2.14. The van der Waals surface area contributed by atoms with E-state index in [4.69, 9.17) is 26.4 Å². The Morgan fingerprint density at radius 3 is 2.61 bits per heavy atom. The number of hydrogen-bond donors (Lipinski definition) is 0. The maximum Gasteiger partial charge on any atom is 0.187 e. The molecule has 152 valence electrons. The number of thiazole rings is 1. The van der Waals surface area contributed by atoms with Gasteiger partial charge in [0, 0.05) is 26.3 Å². The predicted octanol–water partition coefficient (Wildman–Crippen LogP) is 5.11. The summed E-state index contributed by atoms with van der Waals surface area (Å²) in [4.78, 5) is 12.4. The van der Waals surface area contributed by atoms with Gasteiger partial charge < -0.3 is 9.64 Å². The molecule has 8 heteroatoms. The summed E-state index contributed by atoms with van der Waals surface area (Å²) in [6, 6.07) is 2.17. The zero-order chi connectivity index (χ0) is 20.4. The van der Waals surface area contributed by atoms with E-state index in [-0.39, 0.29) is 0 Å². The molecule has 28 heavy (non-hydrogen) atoms. The van der Waals surface area contributed by atoms with Crippen molar-refractivity contribution in [2.75, 3.05) is 32.2 Å². The number of hydrogen-bond acceptors (Lipinski definition) is 6. The van der Waals surface area contributed by atoms with Crippen LogP contribution in [0.25, 0.3) is 16.2 Å². The van der Waals surface area contributed by atoms with Gasteiger partial charge in [-0.15, -0.1) is 0 Å². The Hall–Kier alpha value is -1.70. The molecular weight excluding hydrogens is 394 g/mol. The van der Waals surface area contributed by atoms with Crippen LogP contribution in [0.2, 0.25) is 5.15 Å². The minimum Gasteiger partial charge on any atom is -0.383 e. The molecule has 0 atom stereocenters. The third-order valence-corrected chi connectivity index (χ3v) is 6.64. The molecule has 0 unspecified atom stereocenters. The van der Waals surface area contributed by atoms with Crippen molar-refractivity contribution in [1.82, 2.24) is 19.6 Å². The molecule has 0 aromatic carbocycles. The lowest BCUT2D eigenvalue weighted by atomic mass is 9.95. The van der Waals surface area contributed by atoms with Crippen LogP contribution in [0.3, 0.4) is 0 Å². The molecule has 0 aliphatic heterocycles. The van der Waals surface area contributed by atoms with E-state index in [0.29, 0.717) is 17.7 Å². The van der Waals surface area contributed by atoms with E-state index in [0.717, 1.165) is 52.1 Å². The molecule has 0 N–H and O–H groups in total. The largest absolute Gasteiger partial charge is 0.383 e. The van der Waals surface area contributed by atoms with E-state index in [9.17, 15) is 0 Å². The van der Waals surface area contributed by atoms with E-state index in [2.05, 4.69) is 29.8 Å². The number of ether oxygens (including phenoxy) is 1. The van der Waals surface area contributed by atoms with Gasteiger partial charge in [0.1, 0.15) is 5.69 Å². The van der Waals surface area contributed by atoms with Crippen LogP contribution in [-0.2, 0) is 4.74 Å². The SMILES string of the molecule is CCC(CC)c1cc(C)nn2c(-c3sc(N(C)CCOC)nc3Cl)c(C)nc12. The van der Waals surface area contributed by atoms with E-state index < -0.39 is 0 Å².